The zero-order chi connectivity index (χ0) is 22.9. The molecule has 0 spiro atoms. The maximum absolute atomic E-state index is 13.6. The van der Waals surface area contributed by atoms with E-state index in [0.29, 0.717) is 5.69 Å². The van der Waals surface area contributed by atoms with Crippen molar-refractivity contribution in [1.82, 2.24) is 20.3 Å². The summed E-state index contributed by atoms with van der Waals surface area (Å²) in [5, 5.41) is 8.01. The van der Waals surface area contributed by atoms with Crippen molar-refractivity contribution in [1.29, 1.82) is 0 Å². The molecular formula is C22H19F3N6O. The number of fused-ring (bicyclic) bond motifs is 1. The molecule has 1 aliphatic carbocycles. The molecule has 1 aliphatic rings. The van der Waals surface area contributed by atoms with Gasteiger partial charge in [0.05, 0.1) is 11.3 Å². The molecular weight excluding hydrogens is 421 g/mol. The first kappa shape index (κ1) is 21.3. The van der Waals surface area contributed by atoms with E-state index in [1.54, 1.807) is 0 Å². The summed E-state index contributed by atoms with van der Waals surface area (Å²) >= 11 is 0. The Bertz CT molecular complexity index is 1210. The lowest BCUT2D eigenvalue weighted by Gasteiger charge is -2.16. The second-order valence-electron chi connectivity index (χ2n) is 7.28. The zero-order valence-electron chi connectivity index (χ0n) is 17.0. The standard InChI is InChI=1S/C22H19F3N6O/c1-12-7-13-3-4-15(9-14(13)8-12)30-18-10-17(16(11-29-18)22(23,24)25)31-20-19(21(32)26-2)27-5-6-28-20/h3-6,9-11H,1,7-8H2,2H3,(H,26,32)(H2,28,29,30,31). The van der Waals surface area contributed by atoms with E-state index in [4.69, 9.17) is 0 Å². The minimum Gasteiger partial charge on any atom is -0.354 e. The summed E-state index contributed by atoms with van der Waals surface area (Å²) in [4.78, 5) is 23.8. The van der Waals surface area contributed by atoms with Crippen LogP contribution in [-0.2, 0) is 19.0 Å². The van der Waals surface area contributed by atoms with Gasteiger partial charge in [0.25, 0.3) is 5.91 Å². The number of benzene rings is 1. The van der Waals surface area contributed by atoms with Crippen LogP contribution >= 0.6 is 0 Å². The number of carbonyl (C=O) groups is 1. The van der Waals surface area contributed by atoms with Gasteiger partial charge in [-0.15, -0.1) is 0 Å². The van der Waals surface area contributed by atoms with Gasteiger partial charge in [0.2, 0.25) is 0 Å². The first-order valence-corrected chi connectivity index (χ1v) is 9.67. The van der Waals surface area contributed by atoms with Crippen molar-refractivity contribution in [2.45, 2.75) is 19.0 Å². The molecule has 7 nitrogen and oxygen atoms in total. The highest BCUT2D eigenvalue weighted by Crippen LogP contribution is 2.37. The van der Waals surface area contributed by atoms with Crippen LogP contribution in [0.3, 0.4) is 0 Å². The Kier molecular flexibility index (Phi) is 5.52. The number of pyridine rings is 1. The highest BCUT2D eigenvalue weighted by Gasteiger charge is 2.35. The maximum atomic E-state index is 13.6. The first-order chi connectivity index (χ1) is 15.2. The van der Waals surface area contributed by atoms with E-state index in [0.717, 1.165) is 30.2 Å². The number of amides is 1. The fraction of sp³-hybridized carbons (Fsp3) is 0.182. The molecule has 164 valence electrons. The Morgan fingerprint density at radius 1 is 1.03 bits per heavy atom. The summed E-state index contributed by atoms with van der Waals surface area (Å²) in [7, 11) is 1.39. The van der Waals surface area contributed by atoms with Crippen molar-refractivity contribution in [2.75, 3.05) is 17.7 Å². The number of hydrogen-bond donors (Lipinski definition) is 3. The molecule has 2 aromatic heterocycles. The molecule has 1 amide bonds. The predicted molar refractivity (Wildman–Crippen MR) is 114 cm³/mol. The van der Waals surface area contributed by atoms with Crippen molar-refractivity contribution >= 4 is 28.9 Å². The summed E-state index contributed by atoms with van der Waals surface area (Å²) in [6.45, 7) is 4.01. The van der Waals surface area contributed by atoms with Gasteiger partial charge >= 0.3 is 6.18 Å². The molecule has 4 rings (SSSR count). The minimum absolute atomic E-state index is 0.106. The fourth-order valence-corrected chi connectivity index (χ4v) is 3.48. The Morgan fingerprint density at radius 2 is 1.78 bits per heavy atom. The van der Waals surface area contributed by atoms with Gasteiger partial charge in [-0.3, -0.25) is 4.79 Å². The number of hydrogen-bond acceptors (Lipinski definition) is 6. The summed E-state index contributed by atoms with van der Waals surface area (Å²) in [5.74, 6) is -0.491. The zero-order valence-corrected chi connectivity index (χ0v) is 17.0. The average Bonchev–Trinajstić information content (AvgIpc) is 3.12. The first-order valence-electron chi connectivity index (χ1n) is 9.67. The van der Waals surface area contributed by atoms with E-state index in [2.05, 4.69) is 37.5 Å². The van der Waals surface area contributed by atoms with Gasteiger partial charge in [0, 0.05) is 37.4 Å². The number of nitrogens with zero attached hydrogens (tertiary/aromatic N) is 3. The maximum Gasteiger partial charge on any atom is 0.419 e. The van der Waals surface area contributed by atoms with Crippen molar-refractivity contribution in [3.63, 3.8) is 0 Å². The number of anilines is 4. The summed E-state index contributed by atoms with van der Waals surface area (Å²) in [6, 6.07) is 6.97. The molecule has 0 unspecified atom stereocenters. The third-order valence-corrected chi connectivity index (χ3v) is 4.96. The highest BCUT2D eigenvalue weighted by atomic mass is 19.4. The summed E-state index contributed by atoms with van der Waals surface area (Å²) < 4.78 is 40.8. The van der Waals surface area contributed by atoms with Crippen molar-refractivity contribution < 1.29 is 18.0 Å². The van der Waals surface area contributed by atoms with Gasteiger partial charge in [0.15, 0.2) is 11.5 Å². The van der Waals surface area contributed by atoms with Crippen LogP contribution < -0.4 is 16.0 Å². The molecule has 0 radical (unpaired) electrons. The van der Waals surface area contributed by atoms with Crippen LogP contribution in [0, 0.1) is 0 Å². The van der Waals surface area contributed by atoms with Gasteiger partial charge in [-0.05, 0) is 36.1 Å². The third kappa shape index (κ3) is 4.39. The minimum atomic E-state index is -4.67. The molecule has 2 heterocycles. The SMILES string of the molecule is C=C1Cc2ccc(Nc3cc(Nc4nccnc4C(=O)NC)c(C(F)(F)F)cn3)cc2C1. The molecule has 3 N–H and O–H groups in total. The van der Waals surface area contributed by atoms with Crippen LogP contribution in [0.4, 0.5) is 36.2 Å². The average molecular weight is 440 g/mol. The second kappa shape index (κ2) is 8.29. The van der Waals surface area contributed by atoms with Gasteiger partial charge in [-0.2, -0.15) is 13.2 Å². The van der Waals surface area contributed by atoms with Crippen molar-refractivity contribution in [3.8, 4) is 0 Å². The number of carbonyl (C=O) groups excluding carboxylic acids is 1. The van der Waals surface area contributed by atoms with Crippen LogP contribution in [0.15, 0.2) is 55.0 Å². The number of nitrogens with one attached hydrogen (secondary N) is 3. The summed E-state index contributed by atoms with van der Waals surface area (Å²) in [6.07, 6.45) is 0.220. The van der Waals surface area contributed by atoms with Crippen LogP contribution in [0.25, 0.3) is 0 Å². The van der Waals surface area contributed by atoms with E-state index in [1.807, 2.05) is 18.2 Å². The normalized spacial score (nSPS) is 12.9. The van der Waals surface area contributed by atoms with E-state index in [9.17, 15) is 18.0 Å². The predicted octanol–water partition coefficient (Wildman–Crippen LogP) is 4.39. The Balaban J connectivity index is 1.68. The number of allylic oxidation sites excluding steroid dienone is 1. The van der Waals surface area contributed by atoms with E-state index in [-0.39, 0.29) is 23.0 Å². The quantitative estimate of drug-likeness (QED) is 0.510. The second-order valence-corrected chi connectivity index (χ2v) is 7.28. The van der Waals surface area contributed by atoms with Crippen LogP contribution in [0.2, 0.25) is 0 Å². The molecule has 1 aromatic carbocycles. The van der Waals surface area contributed by atoms with Crippen LogP contribution in [0.5, 0.6) is 0 Å². The molecule has 10 heteroatoms. The lowest BCUT2D eigenvalue weighted by Crippen LogP contribution is -2.21. The Hall–Kier alpha value is -3.95. The van der Waals surface area contributed by atoms with Crippen LogP contribution in [0.1, 0.15) is 27.2 Å². The van der Waals surface area contributed by atoms with Gasteiger partial charge in [-0.1, -0.05) is 18.2 Å². The topological polar surface area (TPSA) is 91.8 Å². The molecule has 0 saturated carbocycles. The lowest BCUT2D eigenvalue weighted by atomic mass is 10.1. The van der Waals surface area contributed by atoms with Gasteiger partial charge in [-0.25, -0.2) is 15.0 Å². The molecule has 0 atom stereocenters. The van der Waals surface area contributed by atoms with Crippen molar-refractivity contribution in [2.24, 2.45) is 0 Å². The number of rotatable bonds is 5. The molecule has 32 heavy (non-hydrogen) atoms. The molecule has 0 bridgehead atoms. The Labute approximate surface area is 181 Å². The monoisotopic (exact) mass is 440 g/mol. The Morgan fingerprint density at radius 3 is 2.53 bits per heavy atom. The lowest BCUT2D eigenvalue weighted by molar-refractivity contribution is -0.137. The third-order valence-electron chi connectivity index (χ3n) is 4.96. The van der Waals surface area contributed by atoms with E-state index >= 15 is 0 Å². The molecule has 0 saturated heterocycles. The van der Waals surface area contributed by atoms with Crippen LogP contribution in [-0.4, -0.2) is 27.9 Å². The number of aromatic nitrogens is 3. The largest absolute Gasteiger partial charge is 0.419 e. The van der Waals surface area contributed by atoms with E-state index in [1.165, 1.54) is 31.1 Å². The van der Waals surface area contributed by atoms with Gasteiger partial charge in [0.1, 0.15) is 5.82 Å². The molecule has 3 aromatic rings. The van der Waals surface area contributed by atoms with E-state index < -0.39 is 17.6 Å². The molecule has 0 fully saturated rings. The highest BCUT2D eigenvalue weighted by molar-refractivity contribution is 5.97. The van der Waals surface area contributed by atoms with Gasteiger partial charge < -0.3 is 16.0 Å². The molecule has 0 aliphatic heterocycles. The fourth-order valence-electron chi connectivity index (χ4n) is 3.48. The van der Waals surface area contributed by atoms with Crippen molar-refractivity contribution in [3.05, 3.63) is 77.4 Å². The number of alkyl halides is 3. The smallest absolute Gasteiger partial charge is 0.354 e. The summed E-state index contributed by atoms with van der Waals surface area (Å²) in [5.41, 5.74) is 2.69. The number of halogens is 3.